The van der Waals surface area contributed by atoms with Crippen LogP contribution in [0.25, 0.3) is 44.2 Å². The van der Waals surface area contributed by atoms with Gasteiger partial charge in [-0.1, -0.05) is 42.5 Å². The van der Waals surface area contributed by atoms with Crippen LogP contribution in [0.4, 0.5) is 0 Å². The van der Waals surface area contributed by atoms with Gasteiger partial charge in [-0.15, -0.1) is 0 Å². The number of nitrogens with one attached hydrogen (secondary N) is 2. The van der Waals surface area contributed by atoms with E-state index in [0.29, 0.717) is 0 Å². The molecule has 0 bridgehead atoms. The molecule has 0 unspecified atom stereocenters. The first-order valence-electron chi connectivity index (χ1n) is 7.33. The van der Waals surface area contributed by atoms with Gasteiger partial charge in [0.15, 0.2) is 5.82 Å². The Labute approximate surface area is 126 Å². The maximum Gasteiger partial charge on any atom is 0.155 e. The number of benzene rings is 3. The molecule has 2 N–H and O–H groups in total. The molecule has 5 aromatic rings. The van der Waals surface area contributed by atoms with Crippen molar-refractivity contribution < 1.29 is 0 Å². The average Bonchev–Trinajstić information content (AvgIpc) is 3.15. The van der Waals surface area contributed by atoms with E-state index in [1.807, 2.05) is 12.1 Å². The Balaban J connectivity index is 1.75. The predicted octanol–water partition coefficient (Wildman–Crippen LogP) is 4.86. The predicted molar refractivity (Wildman–Crippen MR) is 90.9 cm³/mol. The van der Waals surface area contributed by atoms with Crippen molar-refractivity contribution in [1.82, 2.24) is 15.0 Å². The van der Waals surface area contributed by atoms with E-state index in [-0.39, 0.29) is 0 Å². The summed E-state index contributed by atoms with van der Waals surface area (Å²) in [5, 5.41) is 3.63. The van der Waals surface area contributed by atoms with Gasteiger partial charge in [0.1, 0.15) is 0 Å². The highest BCUT2D eigenvalue weighted by molar-refractivity contribution is 5.96. The van der Waals surface area contributed by atoms with Crippen LogP contribution in [0.3, 0.4) is 0 Å². The molecule has 3 heteroatoms. The number of rotatable bonds is 1. The SMILES string of the molecule is c1ccc2cc3[nH]c(-c4cc5ccccc5[nH]4)nc3cc2c1. The van der Waals surface area contributed by atoms with E-state index in [2.05, 4.69) is 64.6 Å². The van der Waals surface area contributed by atoms with Crippen LogP contribution in [0.5, 0.6) is 0 Å². The number of aromatic amines is 2. The van der Waals surface area contributed by atoms with Crippen molar-refractivity contribution in [3.05, 3.63) is 66.7 Å². The molecule has 0 saturated heterocycles. The average molecular weight is 283 g/mol. The number of H-pyrrole nitrogens is 2. The molecule has 0 fully saturated rings. The third-order valence-electron chi connectivity index (χ3n) is 4.13. The summed E-state index contributed by atoms with van der Waals surface area (Å²) in [6.07, 6.45) is 0. The molecule has 3 aromatic carbocycles. The highest BCUT2D eigenvalue weighted by Gasteiger charge is 2.09. The van der Waals surface area contributed by atoms with Crippen LogP contribution in [0.2, 0.25) is 0 Å². The quantitative estimate of drug-likeness (QED) is 0.453. The fourth-order valence-electron chi connectivity index (χ4n) is 3.03. The smallest absolute Gasteiger partial charge is 0.155 e. The van der Waals surface area contributed by atoms with Crippen molar-refractivity contribution in [3.8, 4) is 11.5 Å². The summed E-state index contributed by atoms with van der Waals surface area (Å²) in [4.78, 5) is 11.6. The molecule has 0 atom stereocenters. The van der Waals surface area contributed by atoms with Crippen molar-refractivity contribution in [2.24, 2.45) is 0 Å². The first-order valence-corrected chi connectivity index (χ1v) is 7.33. The third-order valence-corrected chi connectivity index (χ3v) is 4.13. The van der Waals surface area contributed by atoms with Gasteiger partial charge in [0.25, 0.3) is 0 Å². The highest BCUT2D eigenvalue weighted by atomic mass is 14.9. The number of nitrogens with zero attached hydrogens (tertiary/aromatic N) is 1. The lowest BCUT2D eigenvalue weighted by Gasteiger charge is -1.95. The Bertz CT molecular complexity index is 1050. The third kappa shape index (κ3) is 1.66. The van der Waals surface area contributed by atoms with Gasteiger partial charge in [0, 0.05) is 10.9 Å². The number of hydrogen-bond donors (Lipinski definition) is 2. The molecule has 0 saturated carbocycles. The van der Waals surface area contributed by atoms with Gasteiger partial charge in [-0.3, -0.25) is 0 Å². The number of aromatic nitrogens is 3. The molecule has 0 radical (unpaired) electrons. The van der Waals surface area contributed by atoms with E-state index in [4.69, 9.17) is 4.98 Å². The summed E-state index contributed by atoms with van der Waals surface area (Å²) in [7, 11) is 0. The number of fused-ring (bicyclic) bond motifs is 3. The second kappa shape index (κ2) is 4.21. The first kappa shape index (κ1) is 11.6. The molecule has 0 amide bonds. The molecule has 104 valence electrons. The van der Waals surface area contributed by atoms with E-state index in [1.54, 1.807) is 0 Å². The Morgan fingerprint density at radius 3 is 2.18 bits per heavy atom. The van der Waals surface area contributed by atoms with Crippen LogP contribution in [0.15, 0.2) is 66.7 Å². The van der Waals surface area contributed by atoms with Gasteiger partial charge in [0.2, 0.25) is 0 Å². The molecule has 0 aliphatic rings. The van der Waals surface area contributed by atoms with Crippen LogP contribution in [-0.4, -0.2) is 15.0 Å². The van der Waals surface area contributed by atoms with Gasteiger partial charge in [-0.25, -0.2) is 4.98 Å². The van der Waals surface area contributed by atoms with E-state index in [0.717, 1.165) is 28.1 Å². The van der Waals surface area contributed by atoms with Crippen LogP contribution in [0, 0.1) is 0 Å². The summed E-state index contributed by atoms with van der Waals surface area (Å²) >= 11 is 0. The minimum Gasteiger partial charge on any atom is -0.352 e. The molecule has 5 rings (SSSR count). The van der Waals surface area contributed by atoms with Crippen molar-refractivity contribution in [2.45, 2.75) is 0 Å². The summed E-state index contributed by atoms with van der Waals surface area (Å²) in [6, 6.07) is 23.0. The zero-order valence-corrected chi connectivity index (χ0v) is 11.8. The number of hydrogen-bond acceptors (Lipinski definition) is 1. The Morgan fingerprint density at radius 1 is 0.636 bits per heavy atom. The summed E-state index contributed by atoms with van der Waals surface area (Å²) in [5.74, 6) is 0.876. The number of imidazole rings is 1. The Hall–Kier alpha value is -3.07. The van der Waals surface area contributed by atoms with Gasteiger partial charge >= 0.3 is 0 Å². The summed E-state index contributed by atoms with van der Waals surface area (Å²) in [5.41, 5.74) is 4.20. The van der Waals surface area contributed by atoms with Crippen molar-refractivity contribution in [2.75, 3.05) is 0 Å². The Morgan fingerprint density at radius 2 is 1.36 bits per heavy atom. The molecule has 0 spiro atoms. The Kier molecular flexibility index (Phi) is 2.22. The lowest BCUT2D eigenvalue weighted by molar-refractivity contribution is 1.29. The van der Waals surface area contributed by atoms with Crippen LogP contribution in [0.1, 0.15) is 0 Å². The van der Waals surface area contributed by atoms with Crippen LogP contribution in [-0.2, 0) is 0 Å². The molecule has 3 nitrogen and oxygen atoms in total. The zero-order chi connectivity index (χ0) is 14.5. The lowest BCUT2D eigenvalue weighted by Crippen LogP contribution is -1.78. The molecule has 22 heavy (non-hydrogen) atoms. The van der Waals surface area contributed by atoms with E-state index in [1.165, 1.54) is 16.2 Å². The van der Waals surface area contributed by atoms with Crippen LogP contribution >= 0.6 is 0 Å². The zero-order valence-electron chi connectivity index (χ0n) is 11.8. The molecule has 2 aromatic heterocycles. The second-order valence-electron chi connectivity index (χ2n) is 5.57. The molecular weight excluding hydrogens is 270 g/mol. The van der Waals surface area contributed by atoms with Gasteiger partial charge < -0.3 is 9.97 Å². The van der Waals surface area contributed by atoms with Crippen molar-refractivity contribution >= 4 is 32.7 Å². The maximum absolute atomic E-state index is 4.74. The molecule has 0 aliphatic heterocycles. The van der Waals surface area contributed by atoms with Gasteiger partial charge in [-0.2, -0.15) is 0 Å². The first-order chi connectivity index (χ1) is 10.9. The minimum absolute atomic E-state index is 0.876. The van der Waals surface area contributed by atoms with Crippen molar-refractivity contribution in [3.63, 3.8) is 0 Å². The second-order valence-corrected chi connectivity index (χ2v) is 5.57. The molecule has 0 aliphatic carbocycles. The fourth-order valence-corrected chi connectivity index (χ4v) is 3.03. The fraction of sp³-hybridized carbons (Fsp3) is 0. The topological polar surface area (TPSA) is 44.5 Å². The summed E-state index contributed by atoms with van der Waals surface area (Å²) in [6.45, 7) is 0. The normalized spacial score (nSPS) is 11.6. The molecule has 2 heterocycles. The maximum atomic E-state index is 4.74. The van der Waals surface area contributed by atoms with E-state index < -0.39 is 0 Å². The van der Waals surface area contributed by atoms with Gasteiger partial charge in [-0.05, 0) is 35.0 Å². The van der Waals surface area contributed by atoms with Gasteiger partial charge in [0.05, 0.1) is 16.7 Å². The van der Waals surface area contributed by atoms with Crippen LogP contribution < -0.4 is 0 Å². The largest absolute Gasteiger partial charge is 0.352 e. The standard InChI is InChI=1S/C19H13N3/c1-2-6-13-10-17-16(9-12(13)5-1)21-19(22-17)18-11-14-7-3-4-8-15(14)20-18/h1-11,20H,(H,21,22). The highest BCUT2D eigenvalue weighted by Crippen LogP contribution is 2.26. The number of para-hydroxylation sites is 1. The minimum atomic E-state index is 0.876. The van der Waals surface area contributed by atoms with E-state index in [9.17, 15) is 0 Å². The lowest BCUT2D eigenvalue weighted by atomic mass is 10.1. The van der Waals surface area contributed by atoms with Crippen molar-refractivity contribution in [1.29, 1.82) is 0 Å². The van der Waals surface area contributed by atoms with E-state index >= 15 is 0 Å². The molecular formula is C19H13N3. The summed E-state index contributed by atoms with van der Waals surface area (Å²) < 4.78 is 0. The monoisotopic (exact) mass is 283 g/mol.